The van der Waals surface area contributed by atoms with E-state index in [4.69, 9.17) is 4.74 Å². The highest BCUT2D eigenvalue weighted by Gasteiger charge is 2.31. The fourth-order valence-corrected chi connectivity index (χ4v) is 3.16. The molecule has 1 aliphatic heterocycles. The van der Waals surface area contributed by atoms with E-state index in [1.165, 1.54) is 17.0 Å². The van der Waals surface area contributed by atoms with Crippen LogP contribution in [0.25, 0.3) is 0 Å². The van der Waals surface area contributed by atoms with Crippen molar-refractivity contribution in [3.63, 3.8) is 0 Å². The van der Waals surface area contributed by atoms with E-state index in [0.29, 0.717) is 30.2 Å². The largest absolute Gasteiger partial charge is 0.457 e. The average molecular weight is 399 g/mol. The first-order chi connectivity index (χ1) is 13.9. The zero-order chi connectivity index (χ0) is 20.4. The molecule has 0 fully saturated rings. The predicted octanol–water partition coefficient (Wildman–Crippen LogP) is 5.49. The predicted molar refractivity (Wildman–Crippen MR) is 102 cm³/mol. The normalized spacial score (nSPS) is 13.1. The van der Waals surface area contributed by atoms with Gasteiger partial charge in [0, 0.05) is 30.3 Å². The van der Waals surface area contributed by atoms with Crippen LogP contribution in [0.2, 0.25) is 0 Å². The topological polar surface area (TPSA) is 54.5 Å². The van der Waals surface area contributed by atoms with Crippen LogP contribution in [0.1, 0.15) is 11.1 Å². The summed E-state index contributed by atoms with van der Waals surface area (Å²) in [7, 11) is 0. The third-order valence-corrected chi connectivity index (χ3v) is 4.52. The lowest BCUT2D eigenvalue weighted by molar-refractivity contribution is -0.137. The van der Waals surface area contributed by atoms with Gasteiger partial charge in [0.1, 0.15) is 11.5 Å². The van der Waals surface area contributed by atoms with Crippen molar-refractivity contribution in [2.45, 2.75) is 12.6 Å². The van der Waals surface area contributed by atoms with Gasteiger partial charge in [-0.2, -0.15) is 13.2 Å². The molecule has 0 saturated carbocycles. The van der Waals surface area contributed by atoms with E-state index in [0.717, 1.165) is 17.7 Å². The molecule has 29 heavy (non-hydrogen) atoms. The fourth-order valence-electron chi connectivity index (χ4n) is 3.16. The fraction of sp³-hybridized carbons (Fsp3) is 0.143. The Hall–Kier alpha value is -3.55. The molecule has 148 valence electrons. The van der Waals surface area contributed by atoms with Gasteiger partial charge in [-0.15, -0.1) is 0 Å². The van der Waals surface area contributed by atoms with Gasteiger partial charge in [-0.3, -0.25) is 9.88 Å². The summed E-state index contributed by atoms with van der Waals surface area (Å²) < 4.78 is 44.4. The molecule has 2 heterocycles. The Kier molecular flexibility index (Phi) is 4.84. The molecule has 0 unspecified atom stereocenters. The SMILES string of the molecule is O=C(Nc1cccc(C(F)(F)F)c1)N1CCc2cc(Oc3ccncc3)ccc21. The van der Waals surface area contributed by atoms with Gasteiger partial charge in [-0.25, -0.2) is 4.79 Å². The number of carbonyl (C=O) groups is 1. The molecule has 4 rings (SSSR count). The average Bonchev–Trinajstić information content (AvgIpc) is 3.12. The van der Waals surface area contributed by atoms with Crippen molar-refractivity contribution < 1.29 is 22.7 Å². The van der Waals surface area contributed by atoms with Crippen LogP contribution in [0.15, 0.2) is 67.0 Å². The zero-order valence-electron chi connectivity index (χ0n) is 15.1. The number of anilines is 2. The van der Waals surface area contributed by atoms with Gasteiger partial charge in [0.15, 0.2) is 0 Å². The summed E-state index contributed by atoms with van der Waals surface area (Å²) in [5.41, 5.74) is 0.915. The van der Waals surface area contributed by atoms with Crippen LogP contribution in [0, 0.1) is 0 Å². The van der Waals surface area contributed by atoms with Crippen molar-refractivity contribution in [2.75, 3.05) is 16.8 Å². The van der Waals surface area contributed by atoms with Gasteiger partial charge < -0.3 is 10.1 Å². The second-order valence-corrected chi connectivity index (χ2v) is 6.49. The molecule has 8 heteroatoms. The molecule has 0 bridgehead atoms. The number of halogens is 3. The minimum Gasteiger partial charge on any atom is -0.457 e. The molecule has 0 spiro atoms. The number of ether oxygens (including phenoxy) is 1. The van der Waals surface area contributed by atoms with E-state index in [2.05, 4.69) is 10.3 Å². The van der Waals surface area contributed by atoms with Crippen molar-refractivity contribution in [3.8, 4) is 11.5 Å². The summed E-state index contributed by atoms with van der Waals surface area (Å²) in [5, 5.41) is 2.54. The number of alkyl halides is 3. The quantitative estimate of drug-likeness (QED) is 0.634. The zero-order valence-corrected chi connectivity index (χ0v) is 15.1. The van der Waals surface area contributed by atoms with Crippen molar-refractivity contribution >= 4 is 17.4 Å². The third kappa shape index (κ3) is 4.16. The van der Waals surface area contributed by atoms with Crippen molar-refractivity contribution in [3.05, 3.63) is 78.1 Å². The lowest BCUT2D eigenvalue weighted by Gasteiger charge is -2.19. The molecule has 0 radical (unpaired) electrons. The Morgan fingerprint density at radius 1 is 1.03 bits per heavy atom. The van der Waals surface area contributed by atoms with Crippen LogP contribution in [0.5, 0.6) is 11.5 Å². The summed E-state index contributed by atoms with van der Waals surface area (Å²) >= 11 is 0. The van der Waals surface area contributed by atoms with Gasteiger partial charge in [-0.05, 0) is 60.5 Å². The molecule has 2 amide bonds. The first-order valence-electron chi connectivity index (χ1n) is 8.87. The Labute approximate surface area is 164 Å². The molecule has 1 N–H and O–H groups in total. The Bertz CT molecular complexity index is 1040. The summed E-state index contributed by atoms with van der Waals surface area (Å²) in [4.78, 5) is 18.0. The number of rotatable bonds is 3. The molecule has 1 aromatic heterocycles. The third-order valence-electron chi connectivity index (χ3n) is 4.52. The maximum absolute atomic E-state index is 12.9. The van der Waals surface area contributed by atoms with Crippen LogP contribution < -0.4 is 15.0 Å². The van der Waals surface area contributed by atoms with Crippen LogP contribution in [0.4, 0.5) is 29.3 Å². The molecule has 3 aromatic rings. The highest BCUT2D eigenvalue weighted by Crippen LogP contribution is 2.34. The molecule has 0 atom stereocenters. The standard InChI is InChI=1S/C21H16F3N3O2/c22-21(23,24)15-2-1-3-16(13-15)26-20(28)27-11-8-14-12-18(4-5-19(14)27)29-17-6-9-25-10-7-17/h1-7,9-10,12-13H,8,11H2,(H,26,28). The number of urea groups is 1. The van der Waals surface area contributed by atoms with Gasteiger partial charge in [0.2, 0.25) is 0 Å². The van der Waals surface area contributed by atoms with Crippen molar-refractivity contribution in [1.29, 1.82) is 0 Å². The summed E-state index contributed by atoms with van der Waals surface area (Å²) in [6.45, 7) is 0.429. The number of fused-ring (bicyclic) bond motifs is 1. The second kappa shape index (κ2) is 7.46. The van der Waals surface area contributed by atoms with Crippen molar-refractivity contribution in [2.24, 2.45) is 0 Å². The molecule has 0 aliphatic carbocycles. The summed E-state index contributed by atoms with van der Waals surface area (Å²) in [5.74, 6) is 1.28. The first-order valence-corrected chi connectivity index (χ1v) is 8.87. The molecule has 1 aliphatic rings. The first kappa shape index (κ1) is 18.8. The highest BCUT2D eigenvalue weighted by atomic mass is 19.4. The number of benzene rings is 2. The van der Waals surface area contributed by atoms with E-state index in [1.54, 1.807) is 36.7 Å². The summed E-state index contributed by atoms with van der Waals surface area (Å²) in [6.07, 6.45) is -0.587. The molecule has 2 aromatic carbocycles. The van der Waals surface area contributed by atoms with Crippen LogP contribution in [0.3, 0.4) is 0 Å². The number of aromatic nitrogens is 1. The highest BCUT2D eigenvalue weighted by molar-refractivity contribution is 6.03. The van der Waals surface area contributed by atoms with E-state index in [9.17, 15) is 18.0 Å². The minimum absolute atomic E-state index is 0.0934. The molecule has 5 nitrogen and oxygen atoms in total. The van der Waals surface area contributed by atoms with Crippen LogP contribution in [-0.4, -0.2) is 17.6 Å². The smallest absolute Gasteiger partial charge is 0.416 e. The number of pyridine rings is 1. The maximum Gasteiger partial charge on any atom is 0.416 e. The monoisotopic (exact) mass is 399 g/mol. The number of hydrogen-bond donors (Lipinski definition) is 1. The number of nitrogens with one attached hydrogen (secondary N) is 1. The van der Waals surface area contributed by atoms with E-state index >= 15 is 0 Å². The van der Waals surface area contributed by atoms with Gasteiger partial charge >= 0.3 is 12.2 Å². The molecular weight excluding hydrogens is 383 g/mol. The van der Waals surface area contributed by atoms with Crippen molar-refractivity contribution in [1.82, 2.24) is 4.98 Å². The van der Waals surface area contributed by atoms with Crippen LogP contribution >= 0.6 is 0 Å². The number of amides is 2. The van der Waals surface area contributed by atoms with E-state index in [1.807, 2.05) is 6.07 Å². The lowest BCUT2D eigenvalue weighted by atomic mass is 10.1. The van der Waals surface area contributed by atoms with Gasteiger partial charge in [0.05, 0.1) is 5.56 Å². The lowest BCUT2D eigenvalue weighted by Crippen LogP contribution is -2.33. The minimum atomic E-state index is -4.47. The number of nitrogens with zero attached hydrogens (tertiary/aromatic N) is 2. The van der Waals surface area contributed by atoms with Crippen LogP contribution in [-0.2, 0) is 12.6 Å². The van der Waals surface area contributed by atoms with Gasteiger partial charge in [-0.1, -0.05) is 6.07 Å². The molecule has 0 saturated heterocycles. The Morgan fingerprint density at radius 2 is 1.83 bits per heavy atom. The summed E-state index contributed by atoms with van der Waals surface area (Å²) in [6, 6.07) is 12.9. The molecular formula is C21H16F3N3O2. The Balaban J connectivity index is 1.48. The second-order valence-electron chi connectivity index (χ2n) is 6.49. The van der Waals surface area contributed by atoms with E-state index in [-0.39, 0.29) is 5.69 Å². The number of carbonyl (C=O) groups excluding carboxylic acids is 1. The number of hydrogen-bond acceptors (Lipinski definition) is 3. The Morgan fingerprint density at radius 3 is 2.59 bits per heavy atom. The van der Waals surface area contributed by atoms with Gasteiger partial charge in [0.25, 0.3) is 0 Å². The van der Waals surface area contributed by atoms with E-state index < -0.39 is 17.8 Å². The maximum atomic E-state index is 12.9.